The highest BCUT2D eigenvalue weighted by Gasteiger charge is 2.40. The molecule has 0 radical (unpaired) electrons. The molecule has 1 N–H and O–H groups in total. The van der Waals surface area contributed by atoms with Gasteiger partial charge in [0.15, 0.2) is 0 Å². The molecule has 0 spiro atoms. The van der Waals surface area contributed by atoms with E-state index in [2.05, 4.69) is 34.1 Å². The summed E-state index contributed by atoms with van der Waals surface area (Å²) in [5.74, 6) is 1.55. The van der Waals surface area contributed by atoms with Gasteiger partial charge in [0.25, 0.3) is 0 Å². The van der Waals surface area contributed by atoms with Crippen LogP contribution in [0.5, 0.6) is 0 Å². The summed E-state index contributed by atoms with van der Waals surface area (Å²) in [7, 11) is 0. The van der Waals surface area contributed by atoms with Crippen molar-refractivity contribution < 1.29 is 4.79 Å². The molecule has 0 bridgehead atoms. The Hall–Kier alpha value is -1.43. The molecule has 1 aromatic heterocycles. The molecule has 0 aromatic carbocycles. The first-order valence-electron chi connectivity index (χ1n) is 8.07. The topological polar surface area (TPSA) is 63.1 Å². The number of nitrogens with zero attached hydrogens (tertiary/aromatic N) is 4. The Balaban J connectivity index is 1.60. The van der Waals surface area contributed by atoms with Gasteiger partial charge in [0, 0.05) is 6.04 Å². The number of nitrogens with one attached hydrogen (secondary N) is 1. The van der Waals surface area contributed by atoms with Crippen molar-refractivity contribution in [1.29, 1.82) is 0 Å². The van der Waals surface area contributed by atoms with E-state index in [1.54, 1.807) is 6.33 Å². The van der Waals surface area contributed by atoms with Crippen molar-refractivity contribution in [3.8, 4) is 0 Å². The van der Waals surface area contributed by atoms with Gasteiger partial charge in [0.2, 0.25) is 5.91 Å². The molecule has 116 valence electrons. The van der Waals surface area contributed by atoms with E-state index in [0.29, 0.717) is 12.5 Å². The molecule has 3 rings (SSSR count). The molecule has 1 unspecified atom stereocenters. The highest BCUT2D eigenvalue weighted by Crippen LogP contribution is 2.36. The van der Waals surface area contributed by atoms with E-state index in [1.165, 1.54) is 25.7 Å². The standard InChI is InChI=1S/C15H25N5O/c1-11(2)20-13(17-10-18-20)9-16-15(21)14(12-5-6-12)19-7-3-4-8-19/h10-12,14H,3-9H2,1-2H3,(H,16,21). The maximum atomic E-state index is 12.6. The molecule has 2 fully saturated rings. The van der Waals surface area contributed by atoms with Crippen LogP contribution in [0.4, 0.5) is 0 Å². The van der Waals surface area contributed by atoms with E-state index in [-0.39, 0.29) is 18.0 Å². The molecular formula is C15H25N5O. The molecule has 1 aliphatic carbocycles. The van der Waals surface area contributed by atoms with Crippen molar-refractivity contribution in [2.24, 2.45) is 5.92 Å². The van der Waals surface area contributed by atoms with E-state index in [9.17, 15) is 4.79 Å². The van der Waals surface area contributed by atoms with Crippen molar-refractivity contribution in [2.75, 3.05) is 13.1 Å². The molecule has 1 atom stereocenters. The van der Waals surface area contributed by atoms with Gasteiger partial charge in [-0.25, -0.2) is 9.67 Å². The first kappa shape index (κ1) is 14.5. The van der Waals surface area contributed by atoms with Gasteiger partial charge >= 0.3 is 0 Å². The lowest BCUT2D eigenvalue weighted by Crippen LogP contribution is -2.47. The van der Waals surface area contributed by atoms with Crippen LogP contribution in [-0.4, -0.2) is 44.7 Å². The number of amides is 1. The number of aromatic nitrogens is 3. The van der Waals surface area contributed by atoms with Crippen LogP contribution in [0.3, 0.4) is 0 Å². The molecule has 1 amide bonds. The van der Waals surface area contributed by atoms with Gasteiger partial charge in [-0.15, -0.1) is 0 Å². The van der Waals surface area contributed by atoms with E-state index in [1.807, 2.05) is 4.68 Å². The van der Waals surface area contributed by atoms with Gasteiger partial charge in [0.1, 0.15) is 12.2 Å². The number of likely N-dealkylation sites (tertiary alicyclic amines) is 1. The minimum Gasteiger partial charge on any atom is -0.347 e. The zero-order valence-electron chi connectivity index (χ0n) is 13.0. The second-order valence-electron chi connectivity index (χ2n) is 6.46. The zero-order chi connectivity index (χ0) is 14.8. The van der Waals surface area contributed by atoms with Gasteiger partial charge in [-0.3, -0.25) is 9.69 Å². The zero-order valence-corrected chi connectivity index (χ0v) is 13.0. The highest BCUT2D eigenvalue weighted by atomic mass is 16.2. The molecule has 1 aromatic rings. The minimum absolute atomic E-state index is 0.0721. The second kappa shape index (κ2) is 6.13. The number of carbonyl (C=O) groups is 1. The number of hydrogen-bond acceptors (Lipinski definition) is 4. The molecule has 1 saturated carbocycles. The second-order valence-corrected chi connectivity index (χ2v) is 6.46. The summed E-state index contributed by atoms with van der Waals surface area (Å²) in [6, 6.07) is 0.333. The van der Waals surface area contributed by atoms with E-state index in [4.69, 9.17) is 0 Å². The minimum atomic E-state index is 0.0721. The quantitative estimate of drug-likeness (QED) is 0.859. The first-order valence-corrected chi connectivity index (χ1v) is 8.07. The van der Waals surface area contributed by atoms with Crippen LogP contribution in [0.1, 0.15) is 51.4 Å². The molecule has 1 saturated heterocycles. The summed E-state index contributed by atoms with van der Waals surface area (Å²) < 4.78 is 1.86. The molecule has 21 heavy (non-hydrogen) atoms. The first-order chi connectivity index (χ1) is 10.2. The van der Waals surface area contributed by atoms with Crippen LogP contribution < -0.4 is 5.32 Å². The smallest absolute Gasteiger partial charge is 0.238 e. The summed E-state index contributed by atoms with van der Waals surface area (Å²) >= 11 is 0. The Morgan fingerprint density at radius 1 is 1.38 bits per heavy atom. The number of carbonyl (C=O) groups excluding carboxylic acids is 1. The van der Waals surface area contributed by atoms with Crippen molar-refractivity contribution >= 4 is 5.91 Å². The maximum absolute atomic E-state index is 12.6. The Bertz CT molecular complexity index is 488. The van der Waals surface area contributed by atoms with Gasteiger partial charge < -0.3 is 5.32 Å². The molecule has 2 aliphatic rings. The van der Waals surface area contributed by atoms with E-state index in [0.717, 1.165) is 18.9 Å². The Kier molecular flexibility index (Phi) is 4.24. The van der Waals surface area contributed by atoms with Crippen LogP contribution in [0.15, 0.2) is 6.33 Å². The van der Waals surface area contributed by atoms with Crippen LogP contribution >= 0.6 is 0 Å². The average Bonchev–Trinajstić information content (AvgIpc) is 2.95. The Labute approximate surface area is 125 Å². The van der Waals surface area contributed by atoms with Crippen LogP contribution in [0, 0.1) is 5.92 Å². The van der Waals surface area contributed by atoms with Crippen LogP contribution in [0.2, 0.25) is 0 Å². The maximum Gasteiger partial charge on any atom is 0.238 e. The van der Waals surface area contributed by atoms with E-state index >= 15 is 0 Å². The number of rotatable bonds is 6. The third-order valence-electron chi connectivity index (χ3n) is 4.43. The summed E-state index contributed by atoms with van der Waals surface area (Å²) in [6.07, 6.45) is 6.38. The fraction of sp³-hybridized carbons (Fsp3) is 0.800. The van der Waals surface area contributed by atoms with Crippen LogP contribution in [-0.2, 0) is 11.3 Å². The van der Waals surface area contributed by atoms with Crippen molar-refractivity contribution in [3.63, 3.8) is 0 Å². The average molecular weight is 291 g/mol. The van der Waals surface area contributed by atoms with Crippen molar-refractivity contribution in [2.45, 2.75) is 58.2 Å². The largest absolute Gasteiger partial charge is 0.347 e. The Morgan fingerprint density at radius 2 is 2.10 bits per heavy atom. The van der Waals surface area contributed by atoms with Crippen LogP contribution in [0.25, 0.3) is 0 Å². The highest BCUT2D eigenvalue weighted by molar-refractivity contribution is 5.82. The molecule has 1 aliphatic heterocycles. The lowest BCUT2D eigenvalue weighted by atomic mass is 10.1. The number of hydrogen-bond donors (Lipinski definition) is 1. The predicted molar refractivity (Wildman–Crippen MR) is 79.6 cm³/mol. The lowest BCUT2D eigenvalue weighted by Gasteiger charge is -2.26. The fourth-order valence-corrected chi connectivity index (χ4v) is 3.21. The summed E-state index contributed by atoms with van der Waals surface area (Å²) in [6.45, 7) is 6.73. The third-order valence-corrected chi connectivity index (χ3v) is 4.43. The summed E-state index contributed by atoms with van der Waals surface area (Å²) in [5.41, 5.74) is 0. The normalized spacial score (nSPS) is 20.9. The monoisotopic (exact) mass is 291 g/mol. The molecule has 6 heteroatoms. The van der Waals surface area contributed by atoms with Crippen molar-refractivity contribution in [1.82, 2.24) is 25.0 Å². The van der Waals surface area contributed by atoms with Gasteiger partial charge in [-0.2, -0.15) is 5.10 Å². The van der Waals surface area contributed by atoms with Gasteiger partial charge in [-0.05, 0) is 58.5 Å². The summed E-state index contributed by atoms with van der Waals surface area (Å²) in [5, 5.41) is 7.28. The van der Waals surface area contributed by atoms with Gasteiger partial charge in [-0.1, -0.05) is 0 Å². The lowest BCUT2D eigenvalue weighted by molar-refractivity contribution is -0.127. The molecule has 2 heterocycles. The molecule has 6 nitrogen and oxygen atoms in total. The summed E-state index contributed by atoms with van der Waals surface area (Å²) in [4.78, 5) is 19.2. The Morgan fingerprint density at radius 3 is 2.71 bits per heavy atom. The third kappa shape index (κ3) is 3.26. The SMILES string of the molecule is CC(C)n1ncnc1CNC(=O)C(C1CC1)N1CCCC1. The predicted octanol–water partition coefficient (Wildman–Crippen LogP) is 1.35. The van der Waals surface area contributed by atoms with Crippen molar-refractivity contribution in [3.05, 3.63) is 12.2 Å². The fourth-order valence-electron chi connectivity index (χ4n) is 3.21. The van der Waals surface area contributed by atoms with E-state index < -0.39 is 0 Å². The van der Waals surface area contributed by atoms with Gasteiger partial charge in [0.05, 0.1) is 12.6 Å². The molecular weight excluding hydrogens is 266 g/mol.